The smallest absolute Gasteiger partial charge is 0.278 e. The van der Waals surface area contributed by atoms with Crippen LogP contribution in [-0.4, -0.2) is 32.7 Å². The zero-order chi connectivity index (χ0) is 20.5. The van der Waals surface area contributed by atoms with Crippen molar-refractivity contribution in [2.24, 2.45) is 0 Å². The Balaban J connectivity index is 1.63. The van der Waals surface area contributed by atoms with E-state index < -0.39 is 0 Å². The fourth-order valence-electron chi connectivity index (χ4n) is 3.86. The molecule has 6 nitrogen and oxygen atoms in total. The maximum absolute atomic E-state index is 13.1. The number of aryl methyl sites for hydroxylation is 2. The van der Waals surface area contributed by atoms with Gasteiger partial charge in [0.25, 0.3) is 5.56 Å². The third-order valence-corrected chi connectivity index (χ3v) is 6.49. The van der Waals surface area contributed by atoms with Gasteiger partial charge in [0.15, 0.2) is 5.16 Å². The number of rotatable bonds is 5. The number of hydrogen-bond acceptors (Lipinski definition) is 4. The van der Waals surface area contributed by atoms with Gasteiger partial charge in [0.2, 0.25) is 5.91 Å². The molecule has 1 unspecified atom stereocenters. The van der Waals surface area contributed by atoms with E-state index in [0.29, 0.717) is 16.2 Å². The average Bonchev–Trinajstić information content (AvgIpc) is 3.11. The fourth-order valence-corrected chi connectivity index (χ4v) is 4.83. The Morgan fingerprint density at radius 1 is 1.34 bits per heavy atom. The van der Waals surface area contributed by atoms with E-state index in [1.807, 2.05) is 49.9 Å². The van der Waals surface area contributed by atoms with Crippen LogP contribution in [-0.2, 0) is 11.2 Å². The summed E-state index contributed by atoms with van der Waals surface area (Å²) in [4.78, 5) is 35.8. The molecule has 0 aliphatic carbocycles. The van der Waals surface area contributed by atoms with Crippen molar-refractivity contribution in [1.29, 1.82) is 0 Å². The molecule has 0 saturated carbocycles. The number of H-pyrrole nitrogens is 1. The lowest BCUT2D eigenvalue weighted by atomic mass is 10.0. The number of para-hydroxylation sites is 1. The van der Waals surface area contributed by atoms with Crippen LogP contribution < -0.4 is 10.5 Å². The molecule has 3 aromatic rings. The molecule has 3 heterocycles. The summed E-state index contributed by atoms with van der Waals surface area (Å²) < 4.78 is 1.72. The number of aromatic nitrogens is 3. The molecule has 29 heavy (non-hydrogen) atoms. The lowest BCUT2D eigenvalue weighted by molar-refractivity contribution is -0.116. The minimum atomic E-state index is -0.0734. The van der Waals surface area contributed by atoms with Crippen LogP contribution in [0.25, 0.3) is 11.0 Å². The van der Waals surface area contributed by atoms with E-state index in [1.54, 1.807) is 4.57 Å². The Labute approximate surface area is 174 Å². The van der Waals surface area contributed by atoms with E-state index in [1.165, 1.54) is 17.3 Å². The zero-order valence-electron chi connectivity index (χ0n) is 17.1. The Morgan fingerprint density at radius 3 is 2.93 bits per heavy atom. The van der Waals surface area contributed by atoms with Crippen LogP contribution in [0.4, 0.5) is 5.69 Å². The van der Waals surface area contributed by atoms with Crippen LogP contribution >= 0.6 is 11.8 Å². The number of hydrogen-bond donors (Lipinski definition) is 1. The number of benzene rings is 1. The summed E-state index contributed by atoms with van der Waals surface area (Å²) in [5, 5.41) is 0.606. The van der Waals surface area contributed by atoms with Gasteiger partial charge in [0.1, 0.15) is 5.52 Å². The first-order valence-corrected chi connectivity index (χ1v) is 11.1. The molecule has 0 radical (unpaired) electrons. The normalized spacial score (nSPS) is 14.8. The first-order valence-electron chi connectivity index (χ1n) is 10.1. The summed E-state index contributed by atoms with van der Waals surface area (Å²) in [7, 11) is 0. The summed E-state index contributed by atoms with van der Waals surface area (Å²) in [6.45, 7) is 6.71. The first-order chi connectivity index (χ1) is 14.0. The van der Waals surface area contributed by atoms with Gasteiger partial charge < -0.3 is 9.88 Å². The van der Waals surface area contributed by atoms with Gasteiger partial charge >= 0.3 is 0 Å². The number of carbonyl (C=O) groups excluding carboxylic acids is 1. The van der Waals surface area contributed by atoms with Crippen LogP contribution in [0.5, 0.6) is 0 Å². The van der Waals surface area contributed by atoms with Crippen LogP contribution in [0.2, 0.25) is 0 Å². The Morgan fingerprint density at radius 2 is 2.14 bits per heavy atom. The molecule has 0 saturated heterocycles. The second-order valence-corrected chi connectivity index (χ2v) is 8.55. The maximum atomic E-state index is 13.1. The van der Waals surface area contributed by atoms with Crippen molar-refractivity contribution in [1.82, 2.24) is 14.5 Å². The summed E-state index contributed by atoms with van der Waals surface area (Å²) in [5.74, 6) is 0.309. The Bertz CT molecular complexity index is 1120. The Hall–Kier alpha value is -2.54. The van der Waals surface area contributed by atoms with Gasteiger partial charge in [-0.05, 0) is 50.8 Å². The molecule has 152 valence electrons. The van der Waals surface area contributed by atoms with Crippen LogP contribution in [0.3, 0.4) is 0 Å². The number of nitrogens with zero attached hydrogens (tertiary/aromatic N) is 3. The average molecular weight is 411 g/mol. The van der Waals surface area contributed by atoms with Gasteiger partial charge in [-0.1, -0.05) is 36.9 Å². The summed E-state index contributed by atoms with van der Waals surface area (Å²) in [5.41, 5.74) is 4.25. The topological polar surface area (TPSA) is 71.0 Å². The van der Waals surface area contributed by atoms with E-state index in [-0.39, 0.29) is 23.3 Å². The van der Waals surface area contributed by atoms with Crippen molar-refractivity contribution >= 4 is 34.4 Å². The highest BCUT2D eigenvalue weighted by Gasteiger charge is 2.24. The molecule has 2 aromatic heterocycles. The minimum Gasteiger partial charge on any atom is -0.353 e. The van der Waals surface area contributed by atoms with E-state index in [9.17, 15) is 9.59 Å². The molecule has 0 fully saturated rings. The molecule has 4 rings (SSSR count). The van der Waals surface area contributed by atoms with Gasteiger partial charge in [0.05, 0.1) is 11.3 Å². The van der Waals surface area contributed by atoms with Gasteiger partial charge in [-0.2, -0.15) is 0 Å². The molecule has 1 aliphatic rings. The molecule has 0 bridgehead atoms. The minimum absolute atomic E-state index is 0.0105. The molecular formula is C22H26N4O2S. The van der Waals surface area contributed by atoms with Gasteiger partial charge in [-0.3, -0.25) is 14.2 Å². The quantitative estimate of drug-likeness (QED) is 0.508. The summed E-state index contributed by atoms with van der Waals surface area (Å²) in [6.07, 6.45) is 2.79. The predicted molar refractivity (Wildman–Crippen MR) is 118 cm³/mol. The predicted octanol–water partition coefficient (Wildman–Crippen LogP) is 4.08. The molecule has 1 aromatic carbocycles. The number of fused-ring (bicyclic) bond motifs is 2. The van der Waals surface area contributed by atoms with Crippen molar-refractivity contribution < 1.29 is 4.79 Å². The van der Waals surface area contributed by atoms with E-state index in [2.05, 4.69) is 11.1 Å². The largest absolute Gasteiger partial charge is 0.353 e. The van der Waals surface area contributed by atoms with E-state index >= 15 is 0 Å². The lowest BCUT2D eigenvalue weighted by Gasteiger charge is -2.29. The molecule has 1 aliphatic heterocycles. The van der Waals surface area contributed by atoms with Gasteiger partial charge in [-0.15, -0.1) is 0 Å². The van der Waals surface area contributed by atoms with Gasteiger partial charge in [0, 0.05) is 24.0 Å². The van der Waals surface area contributed by atoms with Gasteiger partial charge in [-0.25, -0.2) is 4.98 Å². The van der Waals surface area contributed by atoms with Crippen LogP contribution in [0.15, 0.2) is 40.3 Å². The SMILES string of the molecule is CCC(C)n1c(SCC(=O)N2CCCc3ccccc32)nc2cc(C)[nH]c2c1=O. The number of nitrogens with one attached hydrogen (secondary N) is 1. The van der Waals surface area contributed by atoms with Crippen molar-refractivity contribution in [3.63, 3.8) is 0 Å². The summed E-state index contributed by atoms with van der Waals surface area (Å²) >= 11 is 1.35. The number of anilines is 1. The molecule has 1 amide bonds. The second-order valence-electron chi connectivity index (χ2n) is 7.61. The molecule has 1 N–H and O–H groups in total. The third-order valence-electron chi connectivity index (χ3n) is 5.55. The first kappa shape index (κ1) is 19.8. The summed E-state index contributed by atoms with van der Waals surface area (Å²) in [6, 6.07) is 9.98. The van der Waals surface area contributed by atoms with Crippen molar-refractivity contribution in [3.8, 4) is 0 Å². The monoisotopic (exact) mass is 410 g/mol. The highest BCUT2D eigenvalue weighted by molar-refractivity contribution is 7.99. The van der Waals surface area contributed by atoms with E-state index in [4.69, 9.17) is 4.98 Å². The highest BCUT2D eigenvalue weighted by Crippen LogP contribution is 2.29. The highest BCUT2D eigenvalue weighted by atomic mass is 32.2. The molecule has 1 atom stereocenters. The van der Waals surface area contributed by atoms with Crippen molar-refractivity contribution in [2.75, 3.05) is 17.2 Å². The maximum Gasteiger partial charge on any atom is 0.278 e. The number of thioether (sulfide) groups is 1. The number of amides is 1. The number of carbonyl (C=O) groups is 1. The standard InChI is InChI=1S/C22H26N4O2S/c1-4-15(3)26-21(28)20-17(12-14(2)23-20)24-22(26)29-13-19(27)25-11-7-9-16-8-5-6-10-18(16)25/h5-6,8,10,12,15,23H,4,7,9,11,13H2,1-3H3. The second kappa shape index (κ2) is 8.06. The Kier molecular flexibility index (Phi) is 5.50. The molecule has 7 heteroatoms. The van der Waals surface area contributed by atoms with Crippen molar-refractivity contribution in [2.45, 2.75) is 51.2 Å². The zero-order valence-corrected chi connectivity index (χ0v) is 17.9. The van der Waals surface area contributed by atoms with E-state index in [0.717, 1.165) is 37.2 Å². The van der Waals surface area contributed by atoms with Crippen LogP contribution in [0, 0.1) is 6.92 Å². The lowest BCUT2D eigenvalue weighted by Crippen LogP contribution is -2.37. The third kappa shape index (κ3) is 3.71. The molecular weight excluding hydrogens is 384 g/mol. The number of aromatic amines is 1. The fraction of sp³-hybridized carbons (Fsp3) is 0.409. The molecule has 0 spiro atoms. The van der Waals surface area contributed by atoms with Crippen LogP contribution in [0.1, 0.15) is 44.0 Å². The van der Waals surface area contributed by atoms with Crippen molar-refractivity contribution in [3.05, 3.63) is 51.9 Å².